The summed E-state index contributed by atoms with van der Waals surface area (Å²) in [5.41, 5.74) is 1.61. The highest BCUT2D eigenvalue weighted by molar-refractivity contribution is 5.96. The highest BCUT2D eigenvalue weighted by Gasteiger charge is 2.14. The smallest absolute Gasteiger partial charge is 0.290 e. The minimum atomic E-state index is -0.259. The van der Waals surface area contributed by atoms with Crippen molar-refractivity contribution in [3.8, 4) is 5.75 Å². The molecule has 7 heteroatoms. The Balaban J connectivity index is 0.00000129. The fourth-order valence-electron chi connectivity index (χ4n) is 3.88. The molecule has 0 unspecified atom stereocenters. The molecule has 1 fully saturated rings. The average Bonchev–Trinajstić information content (AvgIpc) is 3.28. The maximum atomic E-state index is 12.4. The number of carbonyl (C=O) groups is 2. The molecule has 0 spiro atoms. The predicted molar refractivity (Wildman–Crippen MR) is 133 cm³/mol. The number of benzene rings is 1. The standard InChI is InChI=1S/C26H33NO4.CH2O2/c1-3-8-20(4-2)19-29-16-14-27-26(28)25-18-22-17-23(11-12-24(22)31-25)30-15-13-21-9-6-5-7-10-21;2-1-3/h3-4,8,11-12,17-18,21H,1-2,5-7,9-10,13-16,19H2,(H,27,28);1H,(H,2,3)/b20-8+;. The Morgan fingerprint density at radius 2 is 1.94 bits per heavy atom. The van der Waals surface area contributed by atoms with E-state index in [0.29, 0.717) is 25.3 Å². The number of furan rings is 1. The fourth-order valence-corrected chi connectivity index (χ4v) is 3.88. The number of carbonyl (C=O) groups excluding carboxylic acids is 1. The van der Waals surface area contributed by atoms with E-state index in [0.717, 1.165) is 35.7 Å². The lowest BCUT2D eigenvalue weighted by Gasteiger charge is -2.21. The molecule has 1 saturated carbocycles. The number of ether oxygens (including phenoxy) is 2. The zero-order valence-electron chi connectivity index (χ0n) is 19.7. The quantitative estimate of drug-likeness (QED) is 0.241. The third-order valence-corrected chi connectivity index (χ3v) is 5.63. The topological polar surface area (TPSA) is 98.0 Å². The zero-order valence-corrected chi connectivity index (χ0v) is 19.7. The molecule has 0 bridgehead atoms. The lowest BCUT2D eigenvalue weighted by Crippen LogP contribution is -2.27. The molecular weight excluding hydrogens is 434 g/mol. The van der Waals surface area contributed by atoms with Crippen molar-refractivity contribution in [2.75, 3.05) is 26.4 Å². The molecule has 2 N–H and O–H groups in total. The van der Waals surface area contributed by atoms with Gasteiger partial charge in [-0.2, -0.15) is 0 Å². The summed E-state index contributed by atoms with van der Waals surface area (Å²) < 4.78 is 17.2. The van der Waals surface area contributed by atoms with Crippen LogP contribution in [0.1, 0.15) is 49.1 Å². The molecular formula is C27H35NO6. The third-order valence-electron chi connectivity index (χ3n) is 5.63. The lowest BCUT2D eigenvalue weighted by atomic mass is 9.87. The van der Waals surface area contributed by atoms with Gasteiger partial charge < -0.3 is 24.3 Å². The van der Waals surface area contributed by atoms with E-state index in [1.165, 1.54) is 32.1 Å². The minimum Gasteiger partial charge on any atom is -0.494 e. The molecule has 1 aliphatic rings. The van der Waals surface area contributed by atoms with Crippen LogP contribution in [-0.4, -0.2) is 43.9 Å². The molecule has 2 aromatic rings. The first-order valence-electron chi connectivity index (χ1n) is 11.7. The number of rotatable bonds is 12. The number of allylic oxidation sites excluding steroid dienone is 2. The molecule has 3 rings (SSSR count). The summed E-state index contributed by atoms with van der Waals surface area (Å²) in [5, 5.41) is 10.6. The van der Waals surface area contributed by atoms with Gasteiger partial charge in [0.2, 0.25) is 0 Å². The van der Waals surface area contributed by atoms with Gasteiger partial charge in [-0.1, -0.05) is 63.5 Å². The van der Waals surface area contributed by atoms with Gasteiger partial charge in [-0.05, 0) is 42.2 Å². The zero-order chi connectivity index (χ0) is 24.6. The van der Waals surface area contributed by atoms with E-state index < -0.39 is 0 Å². The Kier molecular flexibility index (Phi) is 12.3. The fraction of sp³-hybridized carbons (Fsp3) is 0.407. The summed E-state index contributed by atoms with van der Waals surface area (Å²) >= 11 is 0. The van der Waals surface area contributed by atoms with Crippen molar-refractivity contribution in [1.82, 2.24) is 5.32 Å². The van der Waals surface area contributed by atoms with Crippen molar-refractivity contribution in [2.24, 2.45) is 5.92 Å². The van der Waals surface area contributed by atoms with E-state index >= 15 is 0 Å². The van der Waals surface area contributed by atoms with Gasteiger partial charge in [-0.3, -0.25) is 9.59 Å². The molecule has 1 amide bonds. The first kappa shape index (κ1) is 26.9. The molecule has 0 saturated heterocycles. The van der Waals surface area contributed by atoms with E-state index in [1.807, 2.05) is 24.3 Å². The summed E-state index contributed by atoms with van der Waals surface area (Å²) in [5.74, 6) is 1.64. The molecule has 0 aliphatic heterocycles. The van der Waals surface area contributed by atoms with Gasteiger partial charge in [-0.25, -0.2) is 0 Å². The van der Waals surface area contributed by atoms with Crippen molar-refractivity contribution in [3.05, 3.63) is 67.0 Å². The van der Waals surface area contributed by atoms with Gasteiger partial charge in [0.05, 0.1) is 19.8 Å². The van der Waals surface area contributed by atoms with Gasteiger partial charge >= 0.3 is 0 Å². The Morgan fingerprint density at radius 1 is 1.18 bits per heavy atom. The van der Waals surface area contributed by atoms with Crippen LogP contribution in [0.15, 0.2) is 65.6 Å². The van der Waals surface area contributed by atoms with Crippen LogP contribution in [0.5, 0.6) is 5.75 Å². The second-order valence-corrected chi connectivity index (χ2v) is 8.05. The highest BCUT2D eigenvalue weighted by Crippen LogP contribution is 2.28. The molecule has 1 aliphatic carbocycles. The molecule has 1 heterocycles. The van der Waals surface area contributed by atoms with Gasteiger partial charge in [0.25, 0.3) is 12.4 Å². The number of nitrogens with one attached hydrogen (secondary N) is 1. The summed E-state index contributed by atoms with van der Waals surface area (Å²) in [4.78, 5) is 20.7. The van der Waals surface area contributed by atoms with Crippen LogP contribution in [0.25, 0.3) is 11.0 Å². The number of amides is 1. The second kappa shape index (κ2) is 15.5. The van der Waals surface area contributed by atoms with Crippen LogP contribution in [0.4, 0.5) is 0 Å². The number of hydrogen-bond acceptors (Lipinski definition) is 5. The van der Waals surface area contributed by atoms with Crippen molar-refractivity contribution >= 4 is 23.3 Å². The average molecular weight is 470 g/mol. The van der Waals surface area contributed by atoms with Gasteiger partial charge in [-0.15, -0.1) is 0 Å². The maximum Gasteiger partial charge on any atom is 0.290 e. The van der Waals surface area contributed by atoms with Crippen molar-refractivity contribution in [2.45, 2.75) is 38.5 Å². The first-order chi connectivity index (χ1) is 16.6. The van der Waals surface area contributed by atoms with Crippen LogP contribution in [-0.2, 0) is 9.53 Å². The van der Waals surface area contributed by atoms with Crippen LogP contribution >= 0.6 is 0 Å². The Bertz CT molecular complexity index is 955. The highest BCUT2D eigenvalue weighted by atomic mass is 16.5. The van der Waals surface area contributed by atoms with Crippen molar-refractivity contribution in [3.63, 3.8) is 0 Å². The maximum absolute atomic E-state index is 12.4. The Labute approximate surface area is 201 Å². The SMILES string of the molecule is C=C/C=C(\C=C)COCCNC(=O)c1cc2cc(OCCC3CCCCC3)ccc2o1.O=CO. The van der Waals surface area contributed by atoms with Gasteiger partial charge in [0.1, 0.15) is 11.3 Å². The molecule has 1 aromatic heterocycles. The Hall–Kier alpha value is -3.32. The van der Waals surface area contributed by atoms with Crippen LogP contribution in [0.2, 0.25) is 0 Å². The third kappa shape index (κ3) is 9.27. The predicted octanol–water partition coefficient (Wildman–Crippen LogP) is 5.53. The van der Waals surface area contributed by atoms with Crippen LogP contribution < -0.4 is 10.1 Å². The molecule has 184 valence electrons. The van der Waals surface area contributed by atoms with Crippen LogP contribution in [0.3, 0.4) is 0 Å². The number of carboxylic acid groups (broad SMARTS) is 1. The molecule has 34 heavy (non-hydrogen) atoms. The van der Waals surface area contributed by atoms with Crippen LogP contribution in [0, 0.1) is 5.92 Å². The summed E-state index contributed by atoms with van der Waals surface area (Å²) in [7, 11) is 0. The van der Waals surface area contributed by atoms with E-state index in [4.69, 9.17) is 23.8 Å². The van der Waals surface area contributed by atoms with Gasteiger partial charge in [0.15, 0.2) is 5.76 Å². The first-order valence-corrected chi connectivity index (χ1v) is 11.7. The van der Waals surface area contributed by atoms with E-state index in [-0.39, 0.29) is 18.1 Å². The molecule has 1 aromatic carbocycles. The van der Waals surface area contributed by atoms with Crippen molar-refractivity contribution in [1.29, 1.82) is 0 Å². The summed E-state index contributed by atoms with van der Waals surface area (Å²) in [6.45, 7) is 9.08. The number of fused-ring (bicyclic) bond motifs is 1. The molecule has 0 radical (unpaired) electrons. The number of hydrogen-bond donors (Lipinski definition) is 2. The normalized spacial score (nSPS) is 14.1. The summed E-state index contributed by atoms with van der Waals surface area (Å²) in [6, 6.07) is 7.44. The van der Waals surface area contributed by atoms with E-state index in [9.17, 15) is 4.79 Å². The largest absolute Gasteiger partial charge is 0.494 e. The van der Waals surface area contributed by atoms with Gasteiger partial charge in [0, 0.05) is 11.9 Å². The van der Waals surface area contributed by atoms with Crippen molar-refractivity contribution < 1.29 is 28.6 Å². The van der Waals surface area contributed by atoms with E-state index in [2.05, 4.69) is 18.5 Å². The lowest BCUT2D eigenvalue weighted by molar-refractivity contribution is -0.122. The Morgan fingerprint density at radius 3 is 2.65 bits per heavy atom. The second-order valence-electron chi connectivity index (χ2n) is 8.05. The molecule has 7 nitrogen and oxygen atoms in total. The monoisotopic (exact) mass is 469 g/mol. The van der Waals surface area contributed by atoms with E-state index in [1.54, 1.807) is 18.2 Å². The minimum absolute atomic E-state index is 0.250. The molecule has 0 atom stereocenters. The summed E-state index contributed by atoms with van der Waals surface area (Å²) in [6.07, 6.45) is 13.1.